The van der Waals surface area contributed by atoms with Gasteiger partial charge in [-0.2, -0.15) is 5.10 Å². The molecule has 0 aliphatic heterocycles. The number of alkyl carbamates (subject to hydrolysis) is 1. The van der Waals surface area contributed by atoms with Crippen molar-refractivity contribution in [1.82, 2.24) is 20.0 Å². The van der Waals surface area contributed by atoms with Crippen LogP contribution in [0.2, 0.25) is 0 Å². The Kier molecular flexibility index (Phi) is 9.08. The van der Waals surface area contributed by atoms with Crippen LogP contribution < -0.4 is 20.1 Å². The van der Waals surface area contributed by atoms with Gasteiger partial charge in [0.1, 0.15) is 24.7 Å². The number of amides is 2. The molecule has 1 heterocycles. The molecule has 3 aromatic rings. The molecule has 0 fully saturated rings. The van der Waals surface area contributed by atoms with E-state index < -0.39 is 6.09 Å². The molecule has 2 aromatic carbocycles. The van der Waals surface area contributed by atoms with Gasteiger partial charge in [-0.25, -0.2) is 4.79 Å². The Morgan fingerprint density at radius 3 is 2.63 bits per heavy atom. The maximum Gasteiger partial charge on any atom is 0.407 e. The second-order valence-electron chi connectivity index (χ2n) is 7.95. The molecule has 2 amide bonds. The standard InChI is InChI=1S/C25H31N5O5/c1-29(2)13-15-35-25(32)26-12-14-34-23-9-8-19(17-21(23)22-10-11-27-30(22)3)28-24(31)18-6-5-7-20(16-18)33-4/h5-11,16-17H,12-15H2,1-4H3,(H,26,32)(H,28,31). The molecule has 35 heavy (non-hydrogen) atoms. The van der Waals surface area contributed by atoms with E-state index in [0.29, 0.717) is 35.9 Å². The van der Waals surface area contributed by atoms with Crippen LogP contribution >= 0.6 is 0 Å². The largest absolute Gasteiger partial charge is 0.497 e. The van der Waals surface area contributed by atoms with Crippen LogP contribution in [0.15, 0.2) is 54.7 Å². The number of hydrogen-bond acceptors (Lipinski definition) is 7. The first-order chi connectivity index (χ1) is 16.9. The number of anilines is 1. The van der Waals surface area contributed by atoms with Crippen LogP contribution in [-0.4, -0.2) is 74.2 Å². The molecule has 10 heteroatoms. The summed E-state index contributed by atoms with van der Waals surface area (Å²) in [6.45, 7) is 1.48. The average molecular weight is 482 g/mol. The SMILES string of the molecule is COc1cccc(C(=O)Nc2ccc(OCCNC(=O)OCCN(C)C)c(-c3ccnn3C)c2)c1. The lowest BCUT2D eigenvalue weighted by Gasteiger charge is -2.15. The van der Waals surface area contributed by atoms with Crippen molar-refractivity contribution in [3.8, 4) is 22.8 Å². The van der Waals surface area contributed by atoms with Crippen molar-refractivity contribution in [2.24, 2.45) is 7.05 Å². The van der Waals surface area contributed by atoms with Gasteiger partial charge in [0.2, 0.25) is 0 Å². The van der Waals surface area contributed by atoms with Gasteiger partial charge in [0.05, 0.1) is 19.3 Å². The summed E-state index contributed by atoms with van der Waals surface area (Å²) in [6.07, 6.45) is 1.20. The van der Waals surface area contributed by atoms with Crippen molar-refractivity contribution in [3.05, 3.63) is 60.3 Å². The summed E-state index contributed by atoms with van der Waals surface area (Å²) in [5.41, 5.74) is 2.65. The van der Waals surface area contributed by atoms with Crippen molar-refractivity contribution in [3.63, 3.8) is 0 Å². The molecular formula is C25H31N5O5. The van der Waals surface area contributed by atoms with Crippen LogP contribution in [0, 0.1) is 0 Å². The predicted molar refractivity (Wildman–Crippen MR) is 133 cm³/mol. The Morgan fingerprint density at radius 1 is 1.09 bits per heavy atom. The molecule has 0 spiro atoms. The number of carbonyl (C=O) groups is 2. The van der Waals surface area contributed by atoms with Crippen LogP contribution in [0.3, 0.4) is 0 Å². The molecule has 1 aromatic heterocycles. The van der Waals surface area contributed by atoms with Gasteiger partial charge >= 0.3 is 6.09 Å². The molecule has 0 unspecified atom stereocenters. The van der Waals surface area contributed by atoms with E-state index in [0.717, 1.165) is 11.3 Å². The van der Waals surface area contributed by atoms with Gasteiger partial charge in [0, 0.05) is 36.6 Å². The zero-order valence-electron chi connectivity index (χ0n) is 20.4. The zero-order valence-corrected chi connectivity index (χ0v) is 20.4. The number of nitrogens with one attached hydrogen (secondary N) is 2. The van der Waals surface area contributed by atoms with Crippen molar-refractivity contribution in [2.45, 2.75) is 0 Å². The Bertz CT molecular complexity index is 1140. The number of rotatable bonds is 11. The summed E-state index contributed by atoms with van der Waals surface area (Å²) < 4.78 is 18.0. The summed E-state index contributed by atoms with van der Waals surface area (Å²) in [6, 6.07) is 14.2. The quantitative estimate of drug-likeness (QED) is 0.406. The second-order valence-corrected chi connectivity index (χ2v) is 7.95. The van der Waals surface area contributed by atoms with Crippen LogP contribution in [0.4, 0.5) is 10.5 Å². The topological polar surface area (TPSA) is 107 Å². The Hall–Kier alpha value is -4.05. The molecular weight excluding hydrogens is 450 g/mol. The van der Waals surface area contributed by atoms with Crippen LogP contribution in [-0.2, 0) is 11.8 Å². The van der Waals surface area contributed by atoms with E-state index in [1.807, 2.05) is 38.2 Å². The Morgan fingerprint density at radius 2 is 1.91 bits per heavy atom. The highest BCUT2D eigenvalue weighted by atomic mass is 16.5. The lowest BCUT2D eigenvalue weighted by Crippen LogP contribution is -2.30. The van der Waals surface area contributed by atoms with E-state index in [4.69, 9.17) is 14.2 Å². The van der Waals surface area contributed by atoms with Gasteiger partial charge in [0.25, 0.3) is 5.91 Å². The first-order valence-corrected chi connectivity index (χ1v) is 11.1. The van der Waals surface area contributed by atoms with Crippen molar-refractivity contribution >= 4 is 17.7 Å². The highest BCUT2D eigenvalue weighted by Crippen LogP contribution is 2.32. The maximum absolute atomic E-state index is 12.7. The number of hydrogen-bond donors (Lipinski definition) is 2. The van der Waals surface area contributed by atoms with Gasteiger partial charge in [0.15, 0.2) is 0 Å². The minimum atomic E-state index is -0.488. The number of ether oxygens (including phenoxy) is 3. The molecule has 2 N–H and O–H groups in total. The fourth-order valence-corrected chi connectivity index (χ4v) is 3.23. The molecule has 10 nitrogen and oxygen atoms in total. The smallest absolute Gasteiger partial charge is 0.407 e. The third-order valence-corrected chi connectivity index (χ3v) is 5.07. The van der Waals surface area contributed by atoms with E-state index in [9.17, 15) is 9.59 Å². The molecule has 0 aliphatic rings. The van der Waals surface area contributed by atoms with E-state index in [2.05, 4.69) is 15.7 Å². The van der Waals surface area contributed by atoms with Gasteiger partial charge in [-0.1, -0.05) is 6.07 Å². The normalized spacial score (nSPS) is 10.7. The van der Waals surface area contributed by atoms with E-state index in [1.54, 1.807) is 54.4 Å². The Balaban J connectivity index is 1.66. The monoisotopic (exact) mass is 481 g/mol. The van der Waals surface area contributed by atoms with Crippen molar-refractivity contribution in [1.29, 1.82) is 0 Å². The summed E-state index contributed by atoms with van der Waals surface area (Å²) >= 11 is 0. The van der Waals surface area contributed by atoms with E-state index >= 15 is 0 Å². The second kappa shape index (κ2) is 12.4. The summed E-state index contributed by atoms with van der Waals surface area (Å²) in [5.74, 6) is 0.938. The minimum Gasteiger partial charge on any atom is -0.497 e. The molecule has 3 rings (SSSR count). The average Bonchev–Trinajstić information content (AvgIpc) is 3.27. The number of carbonyl (C=O) groups excluding carboxylic acids is 2. The Labute approximate surface area is 204 Å². The number of aromatic nitrogens is 2. The number of nitrogens with zero attached hydrogens (tertiary/aromatic N) is 3. The first kappa shape index (κ1) is 25.6. The molecule has 0 saturated carbocycles. The maximum atomic E-state index is 12.7. The fourth-order valence-electron chi connectivity index (χ4n) is 3.23. The van der Waals surface area contributed by atoms with Crippen LogP contribution in [0.25, 0.3) is 11.3 Å². The minimum absolute atomic E-state index is 0.239. The summed E-state index contributed by atoms with van der Waals surface area (Å²) in [4.78, 5) is 26.5. The van der Waals surface area contributed by atoms with Gasteiger partial charge in [-0.05, 0) is 56.6 Å². The summed E-state index contributed by atoms with van der Waals surface area (Å²) in [7, 11) is 7.19. The third-order valence-electron chi connectivity index (χ3n) is 5.07. The van der Waals surface area contributed by atoms with Crippen molar-refractivity contribution < 1.29 is 23.8 Å². The van der Waals surface area contributed by atoms with Crippen LogP contribution in [0.5, 0.6) is 11.5 Å². The molecule has 0 saturated heterocycles. The third kappa shape index (κ3) is 7.47. The lowest BCUT2D eigenvalue weighted by atomic mass is 10.1. The zero-order chi connectivity index (χ0) is 25.2. The number of benzene rings is 2. The predicted octanol–water partition coefficient (Wildman–Crippen LogP) is 3.01. The van der Waals surface area contributed by atoms with Crippen LogP contribution in [0.1, 0.15) is 10.4 Å². The lowest BCUT2D eigenvalue weighted by molar-refractivity contribution is 0.102. The van der Waals surface area contributed by atoms with Crippen molar-refractivity contribution in [2.75, 3.05) is 52.8 Å². The summed E-state index contributed by atoms with van der Waals surface area (Å²) in [5, 5.41) is 9.81. The number of methoxy groups -OCH3 is 1. The molecule has 186 valence electrons. The van der Waals surface area contributed by atoms with E-state index in [1.165, 1.54) is 0 Å². The van der Waals surface area contributed by atoms with Gasteiger partial charge < -0.3 is 29.7 Å². The molecule has 0 aliphatic carbocycles. The number of likely N-dealkylation sites (N-methyl/N-ethyl adjacent to an activating group) is 1. The highest BCUT2D eigenvalue weighted by molar-refractivity contribution is 6.04. The molecule has 0 atom stereocenters. The van der Waals surface area contributed by atoms with Gasteiger partial charge in [-0.3, -0.25) is 9.48 Å². The molecule has 0 bridgehead atoms. The fraction of sp³-hybridized carbons (Fsp3) is 0.320. The first-order valence-electron chi connectivity index (χ1n) is 11.1. The number of aryl methyl sites for hydroxylation is 1. The highest BCUT2D eigenvalue weighted by Gasteiger charge is 2.14. The molecule has 0 radical (unpaired) electrons. The van der Waals surface area contributed by atoms with E-state index in [-0.39, 0.29) is 19.1 Å². The van der Waals surface area contributed by atoms with Gasteiger partial charge in [-0.15, -0.1) is 0 Å².